The van der Waals surface area contributed by atoms with Gasteiger partial charge in [0.05, 0.1) is 28.3 Å². The van der Waals surface area contributed by atoms with E-state index in [0.29, 0.717) is 15.6 Å². The quantitative estimate of drug-likeness (QED) is 0.198. The fourth-order valence-electron chi connectivity index (χ4n) is 4.31. The number of allylic oxidation sites excluding steroid dienone is 1. The first-order chi connectivity index (χ1) is 19.2. The van der Waals surface area contributed by atoms with E-state index >= 15 is 0 Å². The molecule has 39 heavy (non-hydrogen) atoms. The maximum Gasteiger partial charge on any atom is 0.134 e. The first-order valence-electron chi connectivity index (χ1n) is 12.3. The summed E-state index contributed by atoms with van der Waals surface area (Å²) in [4.78, 5) is 4.69. The summed E-state index contributed by atoms with van der Waals surface area (Å²) in [5.74, 6) is 0. The molecule has 0 atom stereocenters. The second-order valence-corrected chi connectivity index (χ2v) is 10.2. The molecule has 2 heterocycles. The molecule has 0 N–H and O–H groups in total. The highest BCUT2D eigenvalue weighted by molar-refractivity contribution is 7.11. The number of benzene rings is 4. The average Bonchev–Trinajstić information content (AvgIpc) is 3.66. The molecule has 0 saturated carbocycles. The zero-order valence-electron chi connectivity index (χ0n) is 20.7. The van der Waals surface area contributed by atoms with Crippen LogP contribution in [0.3, 0.4) is 0 Å². The van der Waals surface area contributed by atoms with E-state index < -0.39 is 0 Å². The maximum absolute atomic E-state index is 9.88. The summed E-state index contributed by atoms with van der Waals surface area (Å²) in [5, 5.41) is 18.1. The lowest BCUT2D eigenvalue weighted by molar-refractivity contribution is 0.892. The van der Waals surface area contributed by atoms with E-state index in [1.165, 1.54) is 11.3 Å². The lowest BCUT2D eigenvalue weighted by Gasteiger charge is -2.08. The Morgan fingerprint density at radius 2 is 1.41 bits per heavy atom. The molecule has 0 fully saturated rings. The lowest BCUT2D eigenvalue weighted by atomic mass is 10.1. The van der Waals surface area contributed by atoms with Gasteiger partial charge in [-0.2, -0.15) is 10.4 Å². The number of aromatic nitrogens is 3. The van der Waals surface area contributed by atoms with E-state index in [-0.39, 0.29) is 0 Å². The van der Waals surface area contributed by atoms with E-state index in [2.05, 4.69) is 41.4 Å². The zero-order valence-corrected chi connectivity index (χ0v) is 22.3. The molecule has 0 radical (unpaired) electrons. The Balaban J connectivity index is 1.32. The van der Waals surface area contributed by atoms with Crippen LogP contribution in [0.5, 0.6) is 0 Å². The molecule has 0 amide bonds. The van der Waals surface area contributed by atoms with Crippen molar-refractivity contribution in [3.63, 3.8) is 0 Å². The Morgan fingerprint density at radius 1 is 0.769 bits per heavy atom. The van der Waals surface area contributed by atoms with E-state index in [9.17, 15) is 5.26 Å². The molecule has 4 nitrogen and oxygen atoms in total. The second-order valence-electron chi connectivity index (χ2n) is 8.86. The fraction of sp³-hybridized carbons (Fsp3) is 0. The van der Waals surface area contributed by atoms with Crippen LogP contribution in [0.4, 0.5) is 0 Å². The highest BCUT2D eigenvalue weighted by Crippen LogP contribution is 2.30. The van der Waals surface area contributed by atoms with E-state index in [0.717, 1.165) is 45.0 Å². The molecule has 6 heteroatoms. The molecule has 186 valence electrons. The van der Waals surface area contributed by atoms with Gasteiger partial charge in [-0.3, -0.25) is 0 Å². The van der Waals surface area contributed by atoms with Gasteiger partial charge in [0.2, 0.25) is 0 Å². The van der Waals surface area contributed by atoms with Crippen LogP contribution in [0, 0.1) is 11.3 Å². The monoisotopic (exact) mass is 540 g/mol. The van der Waals surface area contributed by atoms with Crippen molar-refractivity contribution < 1.29 is 0 Å². The van der Waals surface area contributed by atoms with Crippen molar-refractivity contribution in [3.8, 4) is 45.5 Å². The Labute approximate surface area is 235 Å². The Morgan fingerprint density at radius 3 is 2.08 bits per heavy atom. The summed E-state index contributed by atoms with van der Waals surface area (Å²) in [5.41, 5.74) is 8.22. The van der Waals surface area contributed by atoms with Crippen LogP contribution in [0.15, 0.2) is 121 Å². The zero-order chi connectivity index (χ0) is 26.6. The third-order valence-electron chi connectivity index (χ3n) is 6.29. The summed E-state index contributed by atoms with van der Waals surface area (Å²) >= 11 is 7.46. The molecule has 0 aliphatic rings. The van der Waals surface area contributed by atoms with Gasteiger partial charge in [-0.1, -0.05) is 96.5 Å². The van der Waals surface area contributed by atoms with Crippen molar-refractivity contribution in [1.82, 2.24) is 14.8 Å². The molecule has 0 aliphatic carbocycles. The van der Waals surface area contributed by atoms with Gasteiger partial charge in [-0.05, 0) is 42.0 Å². The number of nitrogens with zero attached hydrogens (tertiary/aromatic N) is 4. The van der Waals surface area contributed by atoms with Gasteiger partial charge in [-0.25, -0.2) is 9.67 Å². The molecule has 2 aromatic heterocycles. The molecule has 4 aromatic carbocycles. The minimum atomic E-state index is 0.517. The minimum Gasteiger partial charge on any atom is -0.235 e. The van der Waals surface area contributed by atoms with Crippen LogP contribution in [-0.2, 0) is 0 Å². The molecule has 0 spiro atoms. The van der Waals surface area contributed by atoms with Gasteiger partial charge in [0, 0.05) is 27.1 Å². The SMILES string of the molecule is N#C/C(=C\c1ccc(-n2nc(-c3ccccc3)cc2-c2ccccc2)cc1)c1nc(-c2ccc(Cl)cc2)cs1. The number of hydrogen-bond donors (Lipinski definition) is 0. The number of hydrogen-bond acceptors (Lipinski definition) is 4. The van der Waals surface area contributed by atoms with Crippen molar-refractivity contribution in [1.29, 1.82) is 5.26 Å². The third kappa shape index (κ3) is 5.30. The number of nitriles is 1. The molecule has 0 unspecified atom stereocenters. The van der Waals surface area contributed by atoms with Crippen molar-refractivity contribution in [3.05, 3.63) is 136 Å². The van der Waals surface area contributed by atoms with Crippen molar-refractivity contribution in [2.24, 2.45) is 0 Å². The van der Waals surface area contributed by atoms with Gasteiger partial charge in [0.25, 0.3) is 0 Å². The summed E-state index contributed by atoms with van der Waals surface area (Å²) in [6, 6.07) is 40.4. The fourth-order valence-corrected chi connectivity index (χ4v) is 5.23. The van der Waals surface area contributed by atoms with Crippen LogP contribution in [0.2, 0.25) is 5.02 Å². The summed E-state index contributed by atoms with van der Waals surface area (Å²) in [6.45, 7) is 0. The first-order valence-corrected chi connectivity index (χ1v) is 13.6. The maximum atomic E-state index is 9.88. The summed E-state index contributed by atoms with van der Waals surface area (Å²) < 4.78 is 1.97. The summed E-state index contributed by atoms with van der Waals surface area (Å²) in [6.07, 6.45) is 1.87. The van der Waals surface area contributed by atoms with Gasteiger partial charge in [0.1, 0.15) is 11.1 Å². The van der Waals surface area contributed by atoms with Crippen LogP contribution in [0.25, 0.3) is 51.1 Å². The number of thiazole rings is 1. The Bertz CT molecular complexity index is 1790. The average molecular weight is 541 g/mol. The van der Waals surface area contributed by atoms with Gasteiger partial charge >= 0.3 is 0 Å². The smallest absolute Gasteiger partial charge is 0.134 e. The van der Waals surface area contributed by atoms with Crippen molar-refractivity contribution in [2.45, 2.75) is 0 Å². The largest absolute Gasteiger partial charge is 0.235 e. The topological polar surface area (TPSA) is 54.5 Å². The Kier molecular flexibility index (Phi) is 6.88. The van der Waals surface area contributed by atoms with E-state index in [4.69, 9.17) is 16.7 Å². The molecule has 6 aromatic rings. The molecule has 0 saturated heterocycles. The third-order valence-corrected chi connectivity index (χ3v) is 7.42. The Hall–Kier alpha value is -4.76. The molecule has 0 aliphatic heterocycles. The standard InChI is InChI=1S/C33H21ClN4S/c34-28-15-13-25(14-16-28)31-22-39-33(36-31)27(21-35)19-23-11-17-29(18-12-23)38-32(26-9-5-2-6-10-26)20-30(37-38)24-7-3-1-4-8-24/h1-20,22H/b27-19+. The van der Waals surface area contributed by atoms with Gasteiger partial charge in [0.15, 0.2) is 0 Å². The number of halogens is 1. The second kappa shape index (κ2) is 10.9. The molecule has 6 rings (SSSR count). The van der Waals surface area contributed by atoms with Gasteiger partial charge < -0.3 is 0 Å². The highest BCUT2D eigenvalue weighted by Gasteiger charge is 2.14. The van der Waals surface area contributed by atoms with Gasteiger partial charge in [-0.15, -0.1) is 11.3 Å². The predicted molar refractivity (Wildman–Crippen MR) is 160 cm³/mol. The molecular weight excluding hydrogens is 520 g/mol. The predicted octanol–water partition coefficient (Wildman–Crippen LogP) is 9.05. The first kappa shape index (κ1) is 24.6. The lowest BCUT2D eigenvalue weighted by Crippen LogP contribution is -1.99. The minimum absolute atomic E-state index is 0.517. The summed E-state index contributed by atoms with van der Waals surface area (Å²) in [7, 11) is 0. The van der Waals surface area contributed by atoms with Crippen molar-refractivity contribution in [2.75, 3.05) is 0 Å². The number of rotatable bonds is 6. The molecule has 0 bridgehead atoms. The van der Waals surface area contributed by atoms with Crippen LogP contribution in [0.1, 0.15) is 10.6 Å². The van der Waals surface area contributed by atoms with Crippen LogP contribution >= 0.6 is 22.9 Å². The molecular formula is C33H21ClN4S. The van der Waals surface area contributed by atoms with Crippen LogP contribution in [-0.4, -0.2) is 14.8 Å². The van der Waals surface area contributed by atoms with E-state index in [1.807, 2.05) is 101 Å². The van der Waals surface area contributed by atoms with E-state index in [1.54, 1.807) is 0 Å². The highest BCUT2D eigenvalue weighted by atomic mass is 35.5. The normalized spacial score (nSPS) is 11.3. The van der Waals surface area contributed by atoms with Crippen LogP contribution < -0.4 is 0 Å². The van der Waals surface area contributed by atoms with Crippen molar-refractivity contribution >= 4 is 34.6 Å².